The fourth-order valence-electron chi connectivity index (χ4n) is 1.81. The first-order chi connectivity index (χ1) is 7.95. The third-order valence-electron chi connectivity index (χ3n) is 2.55. The molecule has 0 unspecified atom stereocenters. The number of nitrogens with two attached hydrogens (primary N) is 1. The van der Waals surface area contributed by atoms with Crippen molar-refractivity contribution in [2.45, 2.75) is 26.8 Å². The van der Waals surface area contributed by atoms with Crippen molar-refractivity contribution in [3.05, 3.63) is 15.9 Å². The van der Waals surface area contributed by atoms with Gasteiger partial charge in [0.1, 0.15) is 0 Å². The molecule has 0 atom stereocenters. The largest absolute Gasteiger partial charge is 0.392 e. The Hall–Kier alpha value is -0.460. The number of hydrogen-bond donors (Lipinski definition) is 1. The minimum absolute atomic E-state index is 0.536. The van der Waals surface area contributed by atoms with E-state index < -0.39 is 0 Å². The van der Waals surface area contributed by atoms with E-state index in [2.05, 4.69) is 32.9 Å². The summed E-state index contributed by atoms with van der Waals surface area (Å²) in [6, 6.07) is 0. The van der Waals surface area contributed by atoms with Gasteiger partial charge in [0.25, 0.3) is 0 Å². The highest BCUT2D eigenvalue weighted by Gasteiger charge is 2.14. The summed E-state index contributed by atoms with van der Waals surface area (Å²) in [4.78, 5) is 2.78. The predicted molar refractivity (Wildman–Crippen MR) is 78.0 cm³/mol. The van der Waals surface area contributed by atoms with Gasteiger partial charge in [-0.2, -0.15) is 5.10 Å². The first-order valence-corrected chi connectivity index (χ1v) is 6.84. The quantitative estimate of drug-likeness (QED) is 0.815. The molecule has 96 valence electrons. The van der Waals surface area contributed by atoms with Gasteiger partial charge in [-0.1, -0.05) is 19.1 Å². The highest BCUT2D eigenvalue weighted by atomic mass is 79.9. The smallest absolute Gasteiger partial charge is 0.0870 e. The van der Waals surface area contributed by atoms with E-state index in [9.17, 15) is 0 Å². The maximum absolute atomic E-state index is 5.61. The lowest BCUT2D eigenvalue weighted by molar-refractivity contribution is 0.295. The Kier molecular flexibility index (Phi) is 5.55. The van der Waals surface area contributed by atoms with Crippen molar-refractivity contribution < 1.29 is 0 Å². The van der Waals surface area contributed by atoms with E-state index in [1.54, 1.807) is 0 Å². The average Bonchev–Trinajstić information content (AvgIpc) is 2.44. The molecule has 0 fully saturated rings. The second-order valence-electron chi connectivity index (χ2n) is 4.15. The van der Waals surface area contributed by atoms with Crippen molar-refractivity contribution in [1.29, 1.82) is 0 Å². The molecule has 0 amide bonds. The molecule has 4 nitrogen and oxygen atoms in total. The van der Waals surface area contributed by atoms with E-state index in [1.165, 1.54) is 0 Å². The molecular weight excluding hydrogens is 300 g/mol. The minimum atomic E-state index is 0.536. The maximum Gasteiger partial charge on any atom is 0.0870 e. The number of nitrogens with zero attached hydrogens (tertiary/aromatic N) is 3. The molecule has 0 saturated heterocycles. The summed E-state index contributed by atoms with van der Waals surface area (Å²) in [7, 11) is 1.96. The zero-order valence-electron chi connectivity index (χ0n) is 10.5. The zero-order valence-corrected chi connectivity index (χ0v) is 12.9. The van der Waals surface area contributed by atoms with Gasteiger partial charge in [0, 0.05) is 20.1 Å². The Bertz CT molecular complexity index is 402. The molecule has 1 aromatic heterocycles. The van der Waals surface area contributed by atoms with Crippen LogP contribution in [0.1, 0.15) is 24.7 Å². The van der Waals surface area contributed by atoms with Crippen LogP contribution in [0.4, 0.5) is 0 Å². The summed E-state index contributed by atoms with van der Waals surface area (Å²) in [6.07, 6.45) is 1.08. The summed E-state index contributed by atoms with van der Waals surface area (Å²) in [6.45, 7) is 6.58. The SMILES string of the molecule is CCCN(CC(N)=S)Cc1c(Br)c(C)nn1C. The summed E-state index contributed by atoms with van der Waals surface area (Å²) >= 11 is 8.55. The second-order valence-corrected chi connectivity index (χ2v) is 5.46. The van der Waals surface area contributed by atoms with Crippen LogP contribution >= 0.6 is 28.1 Å². The van der Waals surface area contributed by atoms with E-state index in [1.807, 2.05) is 18.7 Å². The molecule has 6 heteroatoms. The predicted octanol–water partition coefficient (Wildman–Crippen LogP) is 1.99. The van der Waals surface area contributed by atoms with E-state index >= 15 is 0 Å². The van der Waals surface area contributed by atoms with E-state index in [0.29, 0.717) is 11.5 Å². The first kappa shape index (κ1) is 14.6. The standard InChI is InChI=1S/C11H19BrN4S/c1-4-5-16(7-10(13)17)6-9-11(12)8(2)14-15(9)3/h4-7H2,1-3H3,(H2,13,17). The average molecular weight is 319 g/mol. The number of thiocarbonyl (C=S) groups is 1. The van der Waals surface area contributed by atoms with Crippen LogP contribution in [0.2, 0.25) is 0 Å². The second kappa shape index (κ2) is 6.47. The summed E-state index contributed by atoms with van der Waals surface area (Å²) in [5.74, 6) is 0. The molecule has 0 aliphatic rings. The van der Waals surface area contributed by atoms with E-state index in [-0.39, 0.29) is 0 Å². The van der Waals surface area contributed by atoms with Crippen molar-refractivity contribution in [2.24, 2.45) is 12.8 Å². The molecule has 0 aliphatic carbocycles. The first-order valence-electron chi connectivity index (χ1n) is 5.64. The van der Waals surface area contributed by atoms with Gasteiger partial charge < -0.3 is 5.73 Å². The number of hydrogen-bond acceptors (Lipinski definition) is 3. The fourth-order valence-corrected chi connectivity index (χ4v) is 2.46. The van der Waals surface area contributed by atoms with Crippen molar-refractivity contribution in [1.82, 2.24) is 14.7 Å². The molecule has 0 radical (unpaired) electrons. The topological polar surface area (TPSA) is 47.1 Å². The number of rotatable bonds is 6. The van der Waals surface area contributed by atoms with Gasteiger partial charge in [-0.25, -0.2) is 0 Å². The number of aromatic nitrogens is 2. The number of halogens is 1. The zero-order chi connectivity index (χ0) is 13.0. The van der Waals surface area contributed by atoms with Crippen LogP contribution < -0.4 is 5.73 Å². The lowest BCUT2D eigenvalue weighted by Gasteiger charge is -2.21. The van der Waals surface area contributed by atoms with Gasteiger partial charge >= 0.3 is 0 Å². The molecule has 1 heterocycles. The van der Waals surface area contributed by atoms with Crippen LogP contribution in [-0.4, -0.2) is 32.8 Å². The lowest BCUT2D eigenvalue weighted by Crippen LogP contribution is -2.33. The molecule has 0 bridgehead atoms. The third kappa shape index (κ3) is 4.04. The van der Waals surface area contributed by atoms with Crippen LogP contribution in [0, 0.1) is 6.92 Å². The Balaban J connectivity index is 2.81. The molecule has 1 aromatic rings. The molecule has 0 saturated carbocycles. The summed E-state index contributed by atoms with van der Waals surface area (Å²) in [5.41, 5.74) is 7.78. The van der Waals surface area contributed by atoms with Crippen LogP contribution in [-0.2, 0) is 13.6 Å². The fraction of sp³-hybridized carbons (Fsp3) is 0.636. The van der Waals surface area contributed by atoms with Crippen molar-refractivity contribution in [3.63, 3.8) is 0 Å². The third-order valence-corrected chi connectivity index (χ3v) is 3.71. The number of aryl methyl sites for hydroxylation is 2. The van der Waals surface area contributed by atoms with Crippen LogP contribution in [0.15, 0.2) is 4.47 Å². The lowest BCUT2D eigenvalue weighted by atomic mass is 10.3. The Morgan fingerprint density at radius 1 is 1.59 bits per heavy atom. The van der Waals surface area contributed by atoms with Crippen LogP contribution in [0.25, 0.3) is 0 Å². The van der Waals surface area contributed by atoms with Crippen molar-refractivity contribution in [2.75, 3.05) is 13.1 Å². The van der Waals surface area contributed by atoms with Crippen LogP contribution in [0.5, 0.6) is 0 Å². The Labute approximate surface area is 116 Å². The van der Waals surface area contributed by atoms with Crippen LogP contribution in [0.3, 0.4) is 0 Å². The highest BCUT2D eigenvalue weighted by Crippen LogP contribution is 2.21. The van der Waals surface area contributed by atoms with E-state index in [0.717, 1.165) is 35.4 Å². The monoisotopic (exact) mass is 318 g/mol. The van der Waals surface area contributed by atoms with Gasteiger partial charge in [0.05, 0.1) is 20.8 Å². The van der Waals surface area contributed by atoms with Gasteiger partial charge in [0.15, 0.2) is 0 Å². The van der Waals surface area contributed by atoms with Gasteiger partial charge in [0.2, 0.25) is 0 Å². The van der Waals surface area contributed by atoms with Gasteiger partial charge in [-0.15, -0.1) is 0 Å². The van der Waals surface area contributed by atoms with Crippen molar-refractivity contribution in [3.8, 4) is 0 Å². The molecule has 17 heavy (non-hydrogen) atoms. The maximum atomic E-state index is 5.61. The van der Waals surface area contributed by atoms with Gasteiger partial charge in [-0.05, 0) is 35.8 Å². The molecule has 2 N–H and O–H groups in total. The minimum Gasteiger partial charge on any atom is -0.392 e. The Morgan fingerprint density at radius 3 is 2.65 bits per heavy atom. The molecule has 0 aliphatic heterocycles. The summed E-state index contributed by atoms with van der Waals surface area (Å²) < 4.78 is 2.98. The summed E-state index contributed by atoms with van der Waals surface area (Å²) in [5, 5.41) is 4.38. The Morgan fingerprint density at radius 2 is 2.24 bits per heavy atom. The van der Waals surface area contributed by atoms with Crippen molar-refractivity contribution >= 4 is 33.1 Å². The normalized spacial score (nSPS) is 11.1. The highest BCUT2D eigenvalue weighted by molar-refractivity contribution is 9.10. The molecule has 1 rings (SSSR count). The van der Waals surface area contributed by atoms with Gasteiger partial charge in [-0.3, -0.25) is 9.58 Å². The van der Waals surface area contributed by atoms with E-state index in [4.69, 9.17) is 18.0 Å². The molecule has 0 spiro atoms. The molecular formula is C11H19BrN4S. The molecule has 0 aromatic carbocycles.